The number of hydrogen-bond acceptors (Lipinski definition) is 4. The number of benzene rings is 2. The number of hydrogen-bond donors (Lipinski definition) is 1. The molecule has 3 aromatic rings. The Morgan fingerprint density at radius 1 is 0.933 bits per heavy atom. The highest BCUT2D eigenvalue weighted by Crippen LogP contribution is 2.32. The lowest BCUT2D eigenvalue weighted by Gasteiger charge is -2.19. The summed E-state index contributed by atoms with van der Waals surface area (Å²) in [5, 5.41) is 5.57. The Kier molecular flexibility index (Phi) is 3.92. The van der Waals surface area contributed by atoms with E-state index in [0.717, 1.165) is 39.2 Å². The number of pyridine rings is 1. The van der Waals surface area contributed by atoms with Gasteiger partial charge in [0.1, 0.15) is 5.65 Å². The first-order valence-electron chi connectivity index (χ1n) is 9.62. The summed E-state index contributed by atoms with van der Waals surface area (Å²) >= 11 is 0. The summed E-state index contributed by atoms with van der Waals surface area (Å²) in [5.41, 5.74) is 4.51. The first-order valence-corrected chi connectivity index (χ1v) is 9.62. The van der Waals surface area contributed by atoms with Crippen LogP contribution < -0.4 is 11.2 Å². The first kappa shape index (κ1) is 18.1. The maximum absolute atomic E-state index is 12.6. The first-order chi connectivity index (χ1) is 14.4. The van der Waals surface area contributed by atoms with Crippen molar-refractivity contribution in [2.45, 2.75) is 20.8 Å². The lowest BCUT2D eigenvalue weighted by atomic mass is 10.1. The molecule has 2 aliphatic rings. The Morgan fingerprint density at radius 2 is 1.70 bits per heavy atom. The van der Waals surface area contributed by atoms with E-state index in [1.807, 2.05) is 78.6 Å². The van der Waals surface area contributed by atoms with Crippen molar-refractivity contribution < 1.29 is 0 Å². The second-order valence-corrected chi connectivity index (χ2v) is 7.45. The fourth-order valence-electron chi connectivity index (χ4n) is 3.84. The minimum atomic E-state index is -0.673. The van der Waals surface area contributed by atoms with Crippen molar-refractivity contribution in [3.63, 3.8) is 0 Å². The minimum absolute atomic E-state index is 0.307. The summed E-state index contributed by atoms with van der Waals surface area (Å²) in [7, 11) is 0. The lowest BCUT2D eigenvalue weighted by molar-refractivity contribution is 0.849. The maximum Gasteiger partial charge on any atom is 0.349 e. The van der Waals surface area contributed by atoms with E-state index in [1.165, 1.54) is 0 Å². The molecule has 0 radical (unpaired) electrons. The molecule has 2 aromatic carbocycles. The third-order valence-electron chi connectivity index (χ3n) is 5.31. The number of para-hydroxylation sites is 1. The minimum Gasteiger partial charge on any atom is -0.277 e. The molecule has 0 atom stereocenters. The van der Waals surface area contributed by atoms with Gasteiger partial charge in [-0.25, -0.2) is 9.48 Å². The van der Waals surface area contributed by atoms with Gasteiger partial charge in [-0.15, -0.1) is 0 Å². The second kappa shape index (κ2) is 6.52. The third kappa shape index (κ3) is 2.67. The van der Waals surface area contributed by atoms with E-state index in [1.54, 1.807) is 6.07 Å². The van der Waals surface area contributed by atoms with E-state index < -0.39 is 11.2 Å². The van der Waals surface area contributed by atoms with E-state index in [0.29, 0.717) is 11.4 Å². The van der Waals surface area contributed by atoms with Crippen LogP contribution in [0.2, 0.25) is 0 Å². The molecule has 3 heterocycles. The van der Waals surface area contributed by atoms with Crippen molar-refractivity contribution >= 4 is 11.0 Å². The van der Waals surface area contributed by atoms with Crippen LogP contribution in [0, 0.1) is 20.8 Å². The third-order valence-corrected chi connectivity index (χ3v) is 5.31. The Hall–Kier alpha value is -4.00. The molecule has 0 spiro atoms. The van der Waals surface area contributed by atoms with Gasteiger partial charge in [0.2, 0.25) is 0 Å². The van der Waals surface area contributed by atoms with Crippen molar-refractivity contribution in [3.8, 4) is 22.8 Å². The molecule has 7 nitrogen and oxygen atoms in total. The number of aromatic amines is 1. The van der Waals surface area contributed by atoms with E-state index in [2.05, 4.69) is 9.97 Å². The predicted octanol–water partition coefficient (Wildman–Crippen LogP) is 3.29. The molecule has 7 heteroatoms. The standard InChI is InChI=1S/C23H19N5O2/c1-13-9-10-14(2)19(11-13)27-20-18(21(29)25-23(30)24-20)12-17-15(3)26-28(22(17)27)16-7-5-4-6-8-16/h4-12H,1-3H3,(H,25,29,30). The maximum atomic E-state index is 12.6. The number of aryl methyl sites for hydroxylation is 3. The van der Waals surface area contributed by atoms with E-state index in [4.69, 9.17) is 5.10 Å². The van der Waals surface area contributed by atoms with Crippen molar-refractivity contribution in [1.82, 2.24) is 24.3 Å². The molecule has 0 fully saturated rings. The molecule has 0 aliphatic carbocycles. The van der Waals surface area contributed by atoms with E-state index in [-0.39, 0.29) is 0 Å². The molecular formula is C23H19N5O2. The summed E-state index contributed by atoms with van der Waals surface area (Å²) in [4.78, 5) is 31.2. The number of rotatable bonds is 2. The zero-order chi connectivity index (χ0) is 21.0. The Labute approximate surface area is 171 Å². The van der Waals surface area contributed by atoms with E-state index >= 15 is 0 Å². The van der Waals surface area contributed by atoms with Crippen LogP contribution in [0.1, 0.15) is 16.8 Å². The molecule has 2 aliphatic heterocycles. The van der Waals surface area contributed by atoms with Crippen molar-refractivity contribution in [2.24, 2.45) is 0 Å². The van der Waals surface area contributed by atoms with E-state index in [9.17, 15) is 9.59 Å². The molecule has 0 unspecified atom stereocenters. The fraction of sp³-hybridized carbons (Fsp3) is 0.130. The molecule has 0 amide bonds. The molecule has 1 aromatic heterocycles. The average Bonchev–Trinajstić information content (AvgIpc) is 3.06. The largest absolute Gasteiger partial charge is 0.349 e. The van der Waals surface area contributed by atoms with Gasteiger partial charge < -0.3 is 0 Å². The normalized spacial score (nSPS) is 11.4. The van der Waals surface area contributed by atoms with Gasteiger partial charge in [-0.3, -0.25) is 14.3 Å². The van der Waals surface area contributed by atoms with Gasteiger partial charge in [0.15, 0.2) is 5.82 Å². The Balaban J connectivity index is 2.07. The van der Waals surface area contributed by atoms with Gasteiger partial charge in [-0.1, -0.05) is 30.3 Å². The Morgan fingerprint density at radius 3 is 2.47 bits per heavy atom. The number of nitrogens with one attached hydrogen (secondary N) is 1. The second-order valence-electron chi connectivity index (χ2n) is 7.45. The number of H-pyrrole nitrogens is 1. The molecular weight excluding hydrogens is 378 g/mol. The van der Waals surface area contributed by atoms with Gasteiger partial charge in [0.25, 0.3) is 5.56 Å². The monoisotopic (exact) mass is 397 g/mol. The molecule has 1 N–H and O–H groups in total. The zero-order valence-corrected chi connectivity index (χ0v) is 16.8. The summed E-state index contributed by atoms with van der Waals surface area (Å²) in [5.74, 6) is 0.307. The summed E-state index contributed by atoms with van der Waals surface area (Å²) in [6.07, 6.45) is 0. The number of fused-ring (bicyclic) bond motifs is 2. The summed E-state index contributed by atoms with van der Waals surface area (Å²) < 4.78 is 3.70. The highest BCUT2D eigenvalue weighted by Gasteiger charge is 2.24. The highest BCUT2D eigenvalue weighted by molar-refractivity contribution is 5.88. The van der Waals surface area contributed by atoms with Gasteiger partial charge in [-0.2, -0.15) is 10.1 Å². The number of aromatic nitrogens is 5. The van der Waals surface area contributed by atoms with Gasteiger partial charge in [0.05, 0.1) is 22.6 Å². The predicted molar refractivity (Wildman–Crippen MR) is 116 cm³/mol. The smallest absolute Gasteiger partial charge is 0.277 e. The van der Waals surface area contributed by atoms with Crippen LogP contribution in [-0.4, -0.2) is 24.3 Å². The molecule has 0 bridgehead atoms. The topological polar surface area (TPSA) is 85.6 Å². The van der Waals surface area contributed by atoms with Crippen LogP contribution in [0.25, 0.3) is 33.8 Å². The molecule has 5 rings (SSSR count). The summed E-state index contributed by atoms with van der Waals surface area (Å²) in [6.45, 7) is 5.91. The van der Waals surface area contributed by atoms with Crippen LogP contribution in [0.15, 0.2) is 64.2 Å². The summed E-state index contributed by atoms with van der Waals surface area (Å²) in [6, 6.07) is 17.6. The molecule has 0 saturated carbocycles. The molecule has 148 valence electrons. The van der Waals surface area contributed by atoms with Crippen molar-refractivity contribution in [1.29, 1.82) is 0 Å². The zero-order valence-electron chi connectivity index (χ0n) is 16.8. The van der Waals surface area contributed by atoms with Crippen LogP contribution in [0.5, 0.6) is 0 Å². The van der Waals surface area contributed by atoms with Crippen LogP contribution >= 0.6 is 0 Å². The molecule has 30 heavy (non-hydrogen) atoms. The Bertz CT molecular complexity index is 1510. The SMILES string of the molecule is Cc1ccc(C)c(-n2c3nc(=O)[nH]c(=O)c-3cc3c(C)nn(-c4ccccc4)c32)c1. The van der Waals surface area contributed by atoms with Crippen molar-refractivity contribution in [2.75, 3.05) is 0 Å². The van der Waals surface area contributed by atoms with Gasteiger partial charge in [0, 0.05) is 5.39 Å². The fourth-order valence-corrected chi connectivity index (χ4v) is 3.84. The van der Waals surface area contributed by atoms with Crippen LogP contribution in [0.4, 0.5) is 0 Å². The van der Waals surface area contributed by atoms with Crippen LogP contribution in [-0.2, 0) is 0 Å². The highest BCUT2D eigenvalue weighted by atomic mass is 16.2. The quantitative estimate of drug-likeness (QED) is 0.495. The lowest BCUT2D eigenvalue weighted by Crippen LogP contribution is -2.27. The van der Waals surface area contributed by atoms with Gasteiger partial charge >= 0.3 is 5.69 Å². The average molecular weight is 397 g/mol. The van der Waals surface area contributed by atoms with Gasteiger partial charge in [-0.05, 0) is 56.2 Å². The van der Waals surface area contributed by atoms with Crippen LogP contribution in [0.3, 0.4) is 0 Å². The number of nitrogens with zero attached hydrogens (tertiary/aromatic N) is 4. The van der Waals surface area contributed by atoms with Crippen molar-refractivity contribution in [3.05, 3.63) is 92.3 Å². The molecule has 0 saturated heterocycles.